The molecule has 0 aliphatic heterocycles. The molecule has 9 nitrogen and oxygen atoms in total. The van der Waals surface area contributed by atoms with Crippen LogP contribution < -0.4 is 24.8 Å². The highest BCUT2D eigenvalue weighted by atomic mass is 16.5. The first-order chi connectivity index (χ1) is 14.4. The summed E-state index contributed by atoms with van der Waals surface area (Å²) in [6, 6.07) is 11.7. The topological polar surface area (TPSA) is 123 Å². The fourth-order valence-electron chi connectivity index (χ4n) is 2.53. The number of carbonyl (C=O) groups is 3. The molecule has 0 atom stereocenters. The van der Waals surface area contributed by atoms with Crippen molar-refractivity contribution in [3.05, 3.63) is 59.3 Å². The van der Waals surface area contributed by atoms with Gasteiger partial charge in [0.1, 0.15) is 12.2 Å². The van der Waals surface area contributed by atoms with Gasteiger partial charge >= 0.3 is 5.97 Å². The van der Waals surface area contributed by atoms with Gasteiger partial charge in [-0.05, 0) is 23.8 Å². The van der Waals surface area contributed by atoms with Crippen molar-refractivity contribution in [2.75, 3.05) is 27.9 Å². The van der Waals surface area contributed by atoms with Gasteiger partial charge in [0.2, 0.25) is 5.75 Å². The maximum atomic E-state index is 12.8. The molecule has 0 bridgehead atoms. The van der Waals surface area contributed by atoms with Crippen molar-refractivity contribution in [3.8, 4) is 17.2 Å². The van der Waals surface area contributed by atoms with Gasteiger partial charge in [0, 0.05) is 5.56 Å². The Hall–Kier alpha value is -4.01. The van der Waals surface area contributed by atoms with E-state index in [4.69, 9.17) is 19.3 Å². The van der Waals surface area contributed by atoms with Crippen LogP contribution in [0.15, 0.2) is 48.2 Å². The molecule has 0 fully saturated rings. The molecule has 2 rings (SSSR count). The number of hydrogen-bond acceptors (Lipinski definition) is 6. The third-order valence-corrected chi connectivity index (χ3v) is 3.93. The zero-order chi connectivity index (χ0) is 22.1. The van der Waals surface area contributed by atoms with E-state index < -0.39 is 24.3 Å². The summed E-state index contributed by atoms with van der Waals surface area (Å²) in [6.45, 7) is -0.592. The lowest BCUT2D eigenvalue weighted by Gasteiger charge is -2.15. The van der Waals surface area contributed by atoms with Crippen molar-refractivity contribution in [3.63, 3.8) is 0 Å². The van der Waals surface area contributed by atoms with E-state index in [1.54, 1.807) is 30.3 Å². The molecular formula is C21H22N2O7. The molecule has 2 aromatic carbocycles. The van der Waals surface area contributed by atoms with Gasteiger partial charge in [-0.25, -0.2) is 0 Å². The highest BCUT2D eigenvalue weighted by Gasteiger charge is 2.20. The minimum absolute atomic E-state index is 0.124. The number of hydrogen-bond donors (Lipinski definition) is 3. The SMILES string of the molecule is COc1cc(C(=O)NC(=Cc2ccccc2)C(=O)NCC(=O)O)cc(OC)c1OC. The summed E-state index contributed by atoms with van der Waals surface area (Å²) in [7, 11) is 4.27. The summed E-state index contributed by atoms with van der Waals surface area (Å²) in [5, 5.41) is 13.5. The normalized spacial score (nSPS) is 10.7. The molecular weight excluding hydrogens is 392 g/mol. The van der Waals surface area contributed by atoms with Crippen LogP contribution in [0.25, 0.3) is 6.08 Å². The highest BCUT2D eigenvalue weighted by molar-refractivity contribution is 6.06. The molecule has 0 aliphatic carbocycles. The summed E-state index contributed by atoms with van der Waals surface area (Å²) >= 11 is 0. The van der Waals surface area contributed by atoms with Gasteiger partial charge < -0.3 is 30.0 Å². The van der Waals surface area contributed by atoms with E-state index in [0.29, 0.717) is 11.3 Å². The van der Waals surface area contributed by atoms with Crippen molar-refractivity contribution in [1.29, 1.82) is 0 Å². The van der Waals surface area contributed by atoms with Gasteiger partial charge in [-0.2, -0.15) is 0 Å². The largest absolute Gasteiger partial charge is 0.493 e. The standard InChI is InChI=1S/C21H22N2O7/c1-28-16-10-14(11-17(29-2)19(16)30-3)20(26)23-15(21(27)22-12-18(24)25)9-13-7-5-4-6-8-13/h4-11H,12H2,1-3H3,(H,22,27)(H,23,26)(H,24,25). The average molecular weight is 414 g/mol. The van der Waals surface area contributed by atoms with Crippen LogP contribution in [-0.2, 0) is 9.59 Å². The van der Waals surface area contributed by atoms with Crippen LogP contribution in [0.4, 0.5) is 0 Å². The Morgan fingerprint density at radius 1 is 0.967 bits per heavy atom. The maximum absolute atomic E-state index is 12.8. The van der Waals surface area contributed by atoms with Crippen LogP contribution in [0, 0.1) is 0 Å². The highest BCUT2D eigenvalue weighted by Crippen LogP contribution is 2.38. The Kier molecular flexibility index (Phi) is 7.81. The molecule has 0 unspecified atom stereocenters. The Labute approximate surface area is 173 Å². The molecule has 0 saturated heterocycles. The fourth-order valence-corrected chi connectivity index (χ4v) is 2.53. The van der Waals surface area contributed by atoms with Crippen LogP contribution in [0.3, 0.4) is 0 Å². The molecule has 9 heteroatoms. The second-order valence-electron chi connectivity index (χ2n) is 5.91. The fraction of sp³-hybridized carbons (Fsp3) is 0.190. The smallest absolute Gasteiger partial charge is 0.322 e. The number of carbonyl (C=O) groups excluding carboxylic acids is 2. The van der Waals surface area contributed by atoms with Crippen LogP contribution in [0.5, 0.6) is 17.2 Å². The predicted octanol–water partition coefficient (Wildman–Crippen LogP) is 1.68. The molecule has 0 aliphatic rings. The number of benzene rings is 2. The predicted molar refractivity (Wildman–Crippen MR) is 109 cm³/mol. The summed E-state index contributed by atoms with van der Waals surface area (Å²) in [4.78, 5) is 36.0. The molecule has 3 N–H and O–H groups in total. The molecule has 0 heterocycles. The van der Waals surface area contributed by atoms with Crippen molar-refractivity contribution < 1.29 is 33.7 Å². The molecule has 0 aromatic heterocycles. The van der Waals surface area contributed by atoms with Gasteiger partial charge in [0.15, 0.2) is 11.5 Å². The number of carboxylic acid groups (broad SMARTS) is 1. The lowest BCUT2D eigenvalue weighted by molar-refractivity contribution is -0.137. The van der Waals surface area contributed by atoms with Gasteiger partial charge in [0.05, 0.1) is 21.3 Å². The van der Waals surface area contributed by atoms with Crippen LogP contribution >= 0.6 is 0 Å². The van der Waals surface area contributed by atoms with Gasteiger partial charge in [0.25, 0.3) is 11.8 Å². The zero-order valence-corrected chi connectivity index (χ0v) is 16.7. The van der Waals surface area contributed by atoms with Crippen LogP contribution in [0.2, 0.25) is 0 Å². The Balaban J connectivity index is 2.37. The molecule has 30 heavy (non-hydrogen) atoms. The summed E-state index contributed by atoms with van der Waals surface area (Å²) in [5.74, 6) is -1.73. The molecule has 158 valence electrons. The Morgan fingerprint density at radius 3 is 2.07 bits per heavy atom. The Morgan fingerprint density at radius 2 is 1.57 bits per heavy atom. The van der Waals surface area contributed by atoms with E-state index in [9.17, 15) is 14.4 Å². The molecule has 2 amide bonds. The van der Waals surface area contributed by atoms with E-state index in [0.717, 1.165) is 0 Å². The van der Waals surface area contributed by atoms with E-state index in [1.165, 1.54) is 39.5 Å². The number of methoxy groups -OCH3 is 3. The minimum atomic E-state index is -1.21. The first-order valence-electron chi connectivity index (χ1n) is 8.77. The first-order valence-corrected chi connectivity index (χ1v) is 8.77. The quantitative estimate of drug-likeness (QED) is 0.534. The molecule has 0 saturated carbocycles. The summed E-state index contributed by atoms with van der Waals surface area (Å²) in [6.07, 6.45) is 1.44. The number of amides is 2. The number of rotatable bonds is 9. The maximum Gasteiger partial charge on any atom is 0.322 e. The lowest BCUT2D eigenvalue weighted by atomic mass is 10.1. The van der Waals surface area contributed by atoms with Crippen LogP contribution in [0.1, 0.15) is 15.9 Å². The Bertz CT molecular complexity index is 930. The number of carboxylic acids is 1. The van der Waals surface area contributed by atoms with Crippen molar-refractivity contribution in [2.45, 2.75) is 0 Å². The molecule has 0 spiro atoms. The zero-order valence-electron chi connectivity index (χ0n) is 16.7. The first kappa shape index (κ1) is 22.3. The summed E-state index contributed by atoms with van der Waals surface area (Å²) in [5.41, 5.74) is 0.666. The van der Waals surface area contributed by atoms with E-state index in [2.05, 4.69) is 10.6 Å². The van der Waals surface area contributed by atoms with Crippen molar-refractivity contribution >= 4 is 23.9 Å². The molecule has 2 aromatic rings. The minimum Gasteiger partial charge on any atom is -0.493 e. The van der Waals surface area contributed by atoms with Crippen molar-refractivity contribution in [2.24, 2.45) is 0 Å². The van der Waals surface area contributed by atoms with E-state index in [1.807, 2.05) is 0 Å². The van der Waals surface area contributed by atoms with Gasteiger partial charge in [-0.15, -0.1) is 0 Å². The monoisotopic (exact) mass is 414 g/mol. The third-order valence-electron chi connectivity index (χ3n) is 3.93. The number of aliphatic carboxylic acids is 1. The van der Waals surface area contributed by atoms with Crippen LogP contribution in [-0.4, -0.2) is 50.8 Å². The van der Waals surface area contributed by atoms with Gasteiger partial charge in [-0.1, -0.05) is 30.3 Å². The third kappa shape index (κ3) is 5.74. The summed E-state index contributed by atoms with van der Waals surface area (Å²) < 4.78 is 15.7. The average Bonchev–Trinajstić information content (AvgIpc) is 2.76. The van der Waals surface area contributed by atoms with E-state index >= 15 is 0 Å². The van der Waals surface area contributed by atoms with Crippen molar-refractivity contribution in [1.82, 2.24) is 10.6 Å². The second kappa shape index (κ2) is 10.5. The second-order valence-corrected chi connectivity index (χ2v) is 5.91. The lowest BCUT2D eigenvalue weighted by Crippen LogP contribution is -2.37. The van der Waals surface area contributed by atoms with Gasteiger partial charge in [-0.3, -0.25) is 14.4 Å². The number of nitrogens with one attached hydrogen (secondary N) is 2. The number of ether oxygens (including phenoxy) is 3. The van der Waals surface area contributed by atoms with E-state index in [-0.39, 0.29) is 22.8 Å². The molecule has 0 radical (unpaired) electrons.